The van der Waals surface area contributed by atoms with Crippen LogP contribution < -0.4 is 16.4 Å². The number of rotatable bonds is 6. The summed E-state index contributed by atoms with van der Waals surface area (Å²) in [5, 5.41) is 3.47. The highest BCUT2D eigenvalue weighted by molar-refractivity contribution is 7.99. The van der Waals surface area contributed by atoms with Gasteiger partial charge in [-0.05, 0) is 13.3 Å². The number of fused-ring (bicyclic) bond motifs is 1. The van der Waals surface area contributed by atoms with E-state index in [0.717, 1.165) is 5.69 Å². The molecule has 1 amide bonds. The molecule has 2 aromatic heterocycles. The van der Waals surface area contributed by atoms with Gasteiger partial charge in [-0.15, -0.1) is 0 Å². The first-order valence-corrected chi connectivity index (χ1v) is 9.51. The van der Waals surface area contributed by atoms with Crippen LogP contribution in [0, 0.1) is 6.92 Å². The van der Waals surface area contributed by atoms with E-state index in [1.165, 1.54) is 34.8 Å². The molecule has 0 aromatic carbocycles. The minimum atomic E-state index is -0.191. The Morgan fingerprint density at radius 1 is 1.35 bits per heavy atom. The number of carbonyl (C=O) groups excluding carboxylic acids is 1. The minimum absolute atomic E-state index is 0.121. The molecule has 138 valence electrons. The quantitative estimate of drug-likeness (QED) is 0.739. The maximum atomic E-state index is 12.2. The lowest BCUT2D eigenvalue weighted by atomic mass is 10.2. The molecule has 3 rings (SSSR count). The first kappa shape index (κ1) is 18.4. The average Bonchev–Trinajstić information content (AvgIpc) is 2.99. The van der Waals surface area contributed by atoms with Gasteiger partial charge < -0.3 is 5.32 Å². The van der Waals surface area contributed by atoms with E-state index in [1.807, 2.05) is 6.92 Å². The van der Waals surface area contributed by atoms with E-state index in [1.54, 1.807) is 11.5 Å². The van der Waals surface area contributed by atoms with Gasteiger partial charge in [0.2, 0.25) is 5.91 Å². The molecule has 1 aliphatic rings. The highest BCUT2D eigenvalue weighted by atomic mass is 32.2. The van der Waals surface area contributed by atoms with Crippen LogP contribution in [0.15, 0.2) is 33.2 Å². The number of hydrogen-bond donors (Lipinski definition) is 1. The fourth-order valence-electron chi connectivity index (χ4n) is 2.84. The van der Waals surface area contributed by atoms with Crippen molar-refractivity contribution in [2.75, 3.05) is 12.3 Å². The van der Waals surface area contributed by atoms with Gasteiger partial charge in [0.15, 0.2) is 5.16 Å². The molecular weight excluding hydrogens is 354 g/mol. The Balaban J connectivity index is 1.55. The fraction of sp³-hybridized carbons (Fsp3) is 0.471. The van der Waals surface area contributed by atoms with Gasteiger partial charge in [-0.2, -0.15) is 0 Å². The summed E-state index contributed by atoms with van der Waals surface area (Å²) in [5.74, 6) is 0.503. The van der Waals surface area contributed by atoms with Crippen LogP contribution in [-0.4, -0.2) is 37.3 Å². The van der Waals surface area contributed by atoms with E-state index in [4.69, 9.17) is 0 Å². The molecule has 1 atom stereocenters. The SMILES string of the molecule is CCc1cc(=O)n(CCNC(=O)CC2CSc3nc(C)cc(=O)n32)cn1. The molecule has 0 aliphatic carbocycles. The molecule has 0 radical (unpaired) electrons. The van der Waals surface area contributed by atoms with Crippen LogP contribution in [0.2, 0.25) is 0 Å². The summed E-state index contributed by atoms with van der Waals surface area (Å²) < 4.78 is 3.06. The molecule has 0 saturated carbocycles. The van der Waals surface area contributed by atoms with Crippen molar-refractivity contribution in [1.29, 1.82) is 0 Å². The fourth-order valence-corrected chi connectivity index (χ4v) is 4.03. The van der Waals surface area contributed by atoms with Crippen molar-refractivity contribution in [3.05, 3.63) is 50.6 Å². The standard InChI is InChI=1S/C17H21N5O3S/c1-3-12-7-15(24)21(10-19-12)5-4-18-14(23)8-13-9-26-17-20-11(2)6-16(25)22(13)17/h6-7,10,13H,3-5,8-9H2,1-2H3,(H,18,23). The van der Waals surface area contributed by atoms with Gasteiger partial charge in [0.05, 0.1) is 12.4 Å². The van der Waals surface area contributed by atoms with Gasteiger partial charge in [0.25, 0.3) is 11.1 Å². The number of nitrogens with zero attached hydrogens (tertiary/aromatic N) is 4. The summed E-state index contributed by atoms with van der Waals surface area (Å²) in [6, 6.07) is 2.80. The minimum Gasteiger partial charge on any atom is -0.354 e. The average molecular weight is 375 g/mol. The van der Waals surface area contributed by atoms with E-state index in [2.05, 4.69) is 15.3 Å². The van der Waals surface area contributed by atoms with E-state index < -0.39 is 0 Å². The molecule has 3 heterocycles. The van der Waals surface area contributed by atoms with Crippen molar-refractivity contribution in [3.8, 4) is 0 Å². The van der Waals surface area contributed by atoms with Crippen LogP contribution in [0.25, 0.3) is 0 Å². The van der Waals surface area contributed by atoms with Crippen LogP contribution >= 0.6 is 11.8 Å². The van der Waals surface area contributed by atoms with Crippen molar-refractivity contribution in [3.63, 3.8) is 0 Å². The summed E-state index contributed by atoms with van der Waals surface area (Å²) in [4.78, 5) is 44.8. The predicted octanol–water partition coefficient (Wildman–Crippen LogP) is 0.524. The van der Waals surface area contributed by atoms with Gasteiger partial charge in [-0.3, -0.25) is 23.5 Å². The summed E-state index contributed by atoms with van der Waals surface area (Å²) in [5.41, 5.74) is 1.19. The smallest absolute Gasteiger partial charge is 0.254 e. The number of carbonyl (C=O) groups is 1. The first-order chi connectivity index (χ1) is 12.5. The zero-order valence-electron chi connectivity index (χ0n) is 14.8. The zero-order valence-corrected chi connectivity index (χ0v) is 15.6. The molecule has 0 saturated heterocycles. The number of hydrogen-bond acceptors (Lipinski definition) is 6. The third kappa shape index (κ3) is 4.04. The molecule has 1 N–H and O–H groups in total. The van der Waals surface area contributed by atoms with E-state index in [-0.39, 0.29) is 29.5 Å². The van der Waals surface area contributed by atoms with Crippen LogP contribution in [0.5, 0.6) is 0 Å². The zero-order chi connectivity index (χ0) is 18.7. The second-order valence-electron chi connectivity index (χ2n) is 6.17. The Hall–Kier alpha value is -2.42. The first-order valence-electron chi connectivity index (χ1n) is 8.53. The Morgan fingerprint density at radius 3 is 2.88 bits per heavy atom. The Morgan fingerprint density at radius 2 is 2.15 bits per heavy atom. The van der Waals surface area contributed by atoms with Crippen molar-refractivity contribution in [1.82, 2.24) is 24.4 Å². The molecular formula is C17H21N5O3S. The maximum Gasteiger partial charge on any atom is 0.254 e. The summed E-state index contributed by atoms with van der Waals surface area (Å²) in [6.45, 7) is 4.42. The van der Waals surface area contributed by atoms with Gasteiger partial charge in [0.1, 0.15) is 0 Å². The number of aromatic nitrogens is 4. The Labute approximate surface area is 154 Å². The number of nitrogens with one attached hydrogen (secondary N) is 1. The van der Waals surface area contributed by atoms with E-state index in [9.17, 15) is 14.4 Å². The summed E-state index contributed by atoms with van der Waals surface area (Å²) in [7, 11) is 0. The molecule has 1 unspecified atom stereocenters. The third-order valence-electron chi connectivity index (χ3n) is 4.21. The normalized spacial score (nSPS) is 15.7. The van der Waals surface area contributed by atoms with Crippen molar-refractivity contribution in [2.24, 2.45) is 0 Å². The van der Waals surface area contributed by atoms with E-state index >= 15 is 0 Å². The van der Waals surface area contributed by atoms with Crippen LogP contribution in [-0.2, 0) is 17.8 Å². The highest BCUT2D eigenvalue weighted by Crippen LogP contribution is 2.31. The summed E-state index contributed by atoms with van der Waals surface area (Å²) in [6.07, 6.45) is 2.43. The second-order valence-corrected chi connectivity index (χ2v) is 7.16. The maximum absolute atomic E-state index is 12.2. The van der Waals surface area contributed by atoms with Gasteiger partial charge >= 0.3 is 0 Å². The van der Waals surface area contributed by atoms with Gasteiger partial charge in [-0.25, -0.2) is 9.97 Å². The lowest BCUT2D eigenvalue weighted by Crippen LogP contribution is -2.33. The largest absolute Gasteiger partial charge is 0.354 e. The third-order valence-corrected chi connectivity index (χ3v) is 5.31. The molecule has 26 heavy (non-hydrogen) atoms. The van der Waals surface area contributed by atoms with Crippen LogP contribution in [0.4, 0.5) is 0 Å². The Bertz CT molecular complexity index is 937. The lowest BCUT2D eigenvalue weighted by molar-refractivity contribution is -0.121. The molecule has 1 aliphatic heterocycles. The van der Waals surface area contributed by atoms with Gasteiger partial charge in [-0.1, -0.05) is 18.7 Å². The number of aryl methyl sites for hydroxylation is 2. The van der Waals surface area contributed by atoms with Crippen LogP contribution in [0.1, 0.15) is 30.8 Å². The second kappa shape index (κ2) is 7.86. The topological polar surface area (TPSA) is 98.9 Å². The Kier molecular flexibility index (Phi) is 5.55. The lowest BCUT2D eigenvalue weighted by Gasteiger charge is -2.13. The van der Waals surface area contributed by atoms with E-state index in [0.29, 0.717) is 36.1 Å². The molecule has 0 fully saturated rings. The monoisotopic (exact) mass is 375 g/mol. The van der Waals surface area contributed by atoms with Crippen LogP contribution in [0.3, 0.4) is 0 Å². The number of thioether (sulfide) groups is 1. The van der Waals surface area contributed by atoms with Crippen molar-refractivity contribution >= 4 is 17.7 Å². The molecule has 8 nitrogen and oxygen atoms in total. The molecule has 9 heteroatoms. The van der Waals surface area contributed by atoms with Crippen molar-refractivity contribution < 1.29 is 4.79 Å². The summed E-state index contributed by atoms with van der Waals surface area (Å²) >= 11 is 1.49. The van der Waals surface area contributed by atoms with Gasteiger partial charge in [0, 0.05) is 48.8 Å². The molecule has 2 aromatic rings. The van der Waals surface area contributed by atoms with Crippen molar-refractivity contribution in [2.45, 2.75) is 44.4 Å². The number of amides is 1. The highest BCUT2D eigenvalue weighted by Gasteiger charge is 2.27. The molecule has 0 bridgehead atoms. The predicted molar refractivity (Wildman–Crippen MR) is 98.5 cm³/mol. The molecule has 0 spiro atoms.